The van der Waals surface area contributed by atoms with Crippen molar-refractivity contribution >= 4 is 11.6 Å². The molecule has 1 heterocycles. The third-order valence-electron chi connectivity index (χ3n) is 1.68. The number of nitrogens with zero attached hydrogens (tertiary/aromatic N) is 2. The third-order valence-corrected chi connectivity index (χ3v) is 1.68. The maximum Gasteiger partial charge on any atom is 0.135 e. The van der Waals surface area contributed by atoms with Crippen molar-refractivity contribution in [3.63, 3.8) is 0 Å². The van der Waals surface area contributed by atoms with Crippen LogP contribution in [0.3, 0.4) is 0 Å². The van der Waals surface area contributed by atoms with Crippen LogP contribution in [0.5, 0.6) is 0 Å². The van der Waals surface area contributed by atoms with Gasteiger partial charge in [-0.1, -0.05) is 6.07 Å². The van der Waals surface area contributed by atoms with Crippen LogP contribution in [0.4, 0.5) is 5.82 Å². The molecule has 3 nitrogen and oxygen atoms in total. The fourth-order valence-electron chi connectivity index (χ4n) is 1.07. The number of carbonyl (C=O) groups is 1. The molecule has 0 fully saturated rings. The van der Waals surface area contributed by atoms with Gasteiger partial charge in [0.05, 0.1) is 5.69 Å². The Labute approximate surface area is 78.4 Å². The molecule has 0 amide bonds. The smallest absolute Gasteiger partial charge is 0.135 e. The van der Waals surface area contributed by atoms with Gasteiger partial charge in [0, 0.05) is 20.5 Å². The molecule has 0 spiro atoms. The van der Waals surface area contributed by atoms with Gasteiger partial charge >= 0.3 is 0 Å². The Hall–Kier alpha value is -1.38. The van der Waals surface area contributed by atoms with Crippen molar-refractivity contribution in [3.05, 3.63) is 23.9 Å². The number of rotatable bonds is 3. The highest BCUT2D eigenvalue weighted by Crippen LogP contribution is 2.08. The first-order valence-electron chi connectivity index (χ1n) is 4.22. The van der Waals surface area contributed by atoms with Crippen LogP contribution < -0.4 is 4.90 Å². The number of pyridine rings is 1. The lowest BCUT2D eigenvalue weighted by Crippen LogP contribution is -2.11. The highest BCUT2D eigenvalue weighted by Gasteiger charge is 2.01. The van der Waals surface area contributed by atoms with Crippen molar-refractivity contribution in [1.29, 1.82) is 0 Å². The van der Waals surface area contributed by atoms with Crippen molar-refractivity contribution in [2.45, 2.75) is 13.3 Å². The highest BCUT2D eigenvalue weighted by molar-refractivity contribution is 5.77. The Morgan fingerprint density at radius 1 is 1.46 bits per heavy atom. The Bertz CT molecular complexity index is 308. The Kier molecular flexibility index (Phi) is 3.01. The van der Waals surface area contributed by atoms with Crippen LogP contribution in [0.25, 0.3) is 0 Å². The molecule has 70 valence electrons. The summed E-state index contributed by atoms with van der Waals surface area (Å²) in [6.45, 7) is 1.57. The van der Waals surface area contributed by atoms with E-state index in [4.69, 9.17) is 0 Å². The molecule has 1 aromatic rings. The molecular formula is C10H14N2O. The van der Waals surface area contributed by atoms with Crippen molar-refractivity contribution in [1.82, 2.24) is 4.98 Å². The second-order valence-electron chi connectivity index (χ2n) is 3.26. The van der Waals surface area contributed by atoms with Gasteiger partial charge in [0.2, 0.25) is 0 Å². The Balaban J connectivity index is 2.85. The maximum absolute atomic E-state index is 10.8. The zero-order valence-corrected chi connectivity index (χ0v) is 8.24. The van der Waals surface area contributed by atoms with Gasteiger partial charge in [0.1, 0.15) is 11.6 Å². The topological polar surface area (TPSA) is 33.2 Å². The zero-order chi connectivity index (χ0) is 9.84. The summed E-state index contributed by atoms with van der Waals surface area (Å²) >= 11 is 0. The molecule has 0 aliphatic carbocycles. The average molecular weight is 178 g/mol. The maximum atomic E-state index is 10.8. The van der Waals surface area contributed by atoms with Crippen LogP contribution >= 0.6 is 0 Å². The standard InChI is InChI=1S/C10H14N2O/c1-8(13)7-9-5-4-6-10(11-9)12(2)3/h4-6H,7H2,1-3H3. The second-order valence-corrected chi connectivity index (χ2v) is 3.26. The molecule has 0 radical (unpaired) electrons. The number of Topliss-reactive ketones (excluding diaryl/α,β-unsaturated/α-hetero) is 1. The second kappa shape index (κ2) is 4.03. The number of carbonyl (C=O) groups excluding carboxylic acids is 1. The fourth-order valence-corrected chi connectivity index (χ4v) is 1.07. The lowest BCUT2D eigenvalue weighted by molar-refractivity contribution is -0.116. The van der Waals surface area contributed by atoms with Crippen molar-refractivity contribution in [3.8, 4) is 0 Å². The Morgan fingerprint density at radius 2 is 2.15 bits per heavy atom. The predicted molar refractivity (Wildman–Crippen MR) is 52.9 cm³/mol. The van der Waals surface area contributed by atoms with E-state index in [0.29, 0.717) is 6.42 Å². The van der Waals surface area contributed by atoms with Gasteiger partial charge in [-0.05, 0) is 19.1 Å². The van der Waals surface area contributed by atoms with E-state index < -0.39 is 0 Å². The molecule has 1 rings (SSSR count). The monoisotopic (exact) mass is 178 g/mol. The average Bonchev–Trinajstić information content (AvgIpc) is 2.03. The van der Waals surface area contributed by atoms with E-state index in [-0.39, 0.29) is 5.78 Å². The molecule has 1 aromatic heterocycles. The lowest BCUT2D eigenvalue weighted by Gasteiger charge is -2.11. The number of hydrogen-bond acceptors (Lipinski definition) is 3. The number of hydrogen-bond donors (Lipinski definition) is 0. The van der Waals surface area contributed by atoms with Crippen molar-refractivity contribution in [2.75, 3.05) is 19.0 Å². The summed E-state index contributed by atoms with van der Waals surface area (Å²) in [5.41, 5.74) is 0.832. The van der Waals surface area contributed by atoms with Crippen molar-refractivity contribution in [2.24, 2.45) is 0 Å². The van der Waals surface area contributed by atoms with Crippen molar-refractivity contribution < 1.29 is 4.79 Å². The number of ketones is 1. The number of anilines is 1. The van der Waals surface area contributed by atoms with E-state index in [1.165, 1.54) is 0 Å². The molecule has 3 heteroatoms. The third kappa shape index (κ3) is 2.86. The van der Waals surface area contributed by atoms with E-state index in [2.05, 4.69) is 4.98 Å². The van der Waals surface area contributed by atoms with Gasteiger partial charge in [0.25, 0.3) is 0 Å². The fraction of sp³-hybridized carbons (Fsp3) is 0.400. The molecule has 0 aliphatic heterocycles. The summed E-state index contributed by atoms with van der Waals surface area (Å²) in [6, 6.07) is 5.71. The summed E-state index contributed by atoms with van der Waals surface area (Å²) in [5.74, 6) is 1.03. The van der Waals surface area contributed by atoms with Gasteiger partial charge in [-0.25, -0.2) is 4.98 Å². The van der Waals surface area contributed by atoms with E-state index in [9.17, 15) is 4.79 Å². The summed E-state index contributed by atoms with van der Waals surface area (Å²) in [6.07, 6.45) is 0.418. The molecule has 13 heavy (non-hydrogen) atoms. The molecular weight excluding hydrogens is 164 g/mol. The predicted octanol–water partition coefficient (Wildman–Crippen LogP) is 1.28. The van der Waals surface area contributed by atoms with Gasteiger partial charge in [-0.15, -0.1) is 0 Å². The molecule has 0 bridgehead atoms. The lowest BCUT2D eigenvalue weighted by atomic mass is 10.2. The van der Waals surface area contributed by atoms with E-state index >= 15 is 0 Å². The van der Waals surface area contributed by atoms with Gasteiger partial charge in [-0.3, -0.25) is 4.79 Å². The number of aromatic nitrogens is 1. The van der Waals surface area contributed by atoms with Crippen LogP contribution in [0.1, 0.15) is 12.6 Å². The van der Waals surface area contributed by atoms with Crippen LogP contribution in [0, 0.1) is 0 Å². The first-order valence-corrected chi connectivity index (χ1v) is 4.22. The summed E-state index contributed by atoms with van der Waals surface area (Å²) in [5, 5.41) is 0. The molecule has 0 atom stereocenters. The molecule has 0 unspecified atom stereocenters. The minimum atomic E-state index is 0.142. The minimum absolute atomic E-state index is 0.142. The van der Waals surface area contributed by atoms with E-state index in [1.807, 2.05) is 37.2 Å². The van der Waals surface area contributed by atoms with Gasteiger partial charge in [0.15, 0.2) is 0 Å². The molecule has 0 saturated heterocycles. The first-order chi connectivity index (χ1) is 6.09. The molecule has 0 N–H and O–H groups in total. The normalized spacial score (nSPS) is 9.77. The summed E-state index contributed by atoms with van der Waals surface area (Å²) in [7, 11) is 3.86. The highest BCUT2D eigenvalue weighted by atomic mass is 16.1. The molecule has 0 aromatic carbocycles. The summed E-state index contributed by atoms with van der Waals surface area (Å²) in [4.78, 5) is 17.1. The quantitative estimate of drug-likeness (QED) is 0.699. The SMILES string of the molecule is CC(=O)Cc1cccc(N(C)C)n1. The zero-order valence-electron chi connectivity index (χ0n) is 8.24. The largest absolute Gasteiger partial charge is 0.363 e. The van der Waals surface area contributed by atoms with Crippen LogP contribution in [-0.2, 0) is 11.2 Å². The Morgan fingerprint density at radius 3 is 2.69 bits per heavy atom. The van der Waals surface area contributed by atoms with Gasteiger partial charge < -0.3 is 4.90 Å². The molecule has 0 aliphatic rings. The van der Waals surface area contributed by atoms with E-state index in [0.717, 1.165) is 11.5 Å². The first kappa shape index (κ1) is 9.71. The molecule has 0 saturated carbocycles. The summed E-state index contributed by atoms with van der Waals surface area (Å²) < 4.78 is 0. The van der Waals surface area contributed by atoms with Crippen LogP contribution in [0.2, 0.25) is 0 Å². The van der Waals surface area contributed by atoms with Crippen LogP contribution in [0.15, 0.2) is 18.2 Å². The minimum Gasteiger partial charge on any atom is -0.363 e. The van der Waals surface area contributed by atoms with Gasteiger partial charge in [-0.2, -0.15) is 0 Å². The van der Waals surface area contributed by atoms with Crippen LogP contribution in [-0.4, -0.2) is 24.9 Å². The van der Waals surface area contributed by atoms with E-state index in [1.54, 1.807) is 6.92 Å².